The monoisotopic (exact) mass is 476 g/mol. The van der Waals surface area contributed by atoms with Crippen LogP contribution in [0.1, 0.15) is 0 Å². The van der Waals surface area contributed by atoms with Crippen molar-refractivity contribution in [3.05, 3.63) is 46.6 Å². The zero-order chi connectivity index (χ0) is 24.7. The Labute approximate surface area is 190 Å². The lowest BCUT2D eigenvalue weighted by molar-refractivity contribution is -0.271. The molecule has 12 heteroatoms. The van der Waals surface area contributed by atoms with Gasteiger partial charge in [0.2, 0.25) is 6.29 Å². The minimum Gasteiger partial charge on any atom is -0.507 e. The van der Waals surface area contributed by atoms with Crippen molar-refractivity contribution >= 4 is 16.9 Å². The number of aliphatic hydroxyl groups excluding tert-OH is 3. The molecular formula is C22H20O12. The highest BCUT2D eigenvalue weighted by atomic mass is 16.7. The van der Waals surface area contributed by atoms with Crippen LogP contribution in [0.5, 0.6) is 23.0 Å². The smallest absolute Gasteiger partial charge is 0.337 e. The third-order valence-corrected chi connectivity index (χ3v) is 5.30. The zero-order valence-corrected chi connectivity index (χ0v) is 17.5. The fraction of sp³-hybridized carbons (Fsp3) is 0.273. The average molecular weight is 476 g/mol. The first-order chi connectivity index (χ1) is 16.1. The van der Waals surface area contributed by atoms with Crippen molar-refractivity contribution < 1.29 is 54.1 Å². The van der Waals surface area contributed by atoms with Crippen molar-refractivity contribution in [1.82, 2.24) is 0 Å². The molecule has 2 heterocycles. The number of carbonyl (C=O) groups is 1. The molecule has 0 unspecified atom stereocenters. The van der Waals surface area contributed by atoms with Crippen molar-refractivity contribution in [2.45, 2.75) is 30.7 Å². The molecule has 0 aliphatic carbocycles. The molecule has 3 aromatic rings. The number of esters is 1. The van der Waals surface area contributed by atoms with Gasteiger partial charge in [-0.25, -0.2) is 4.79 Å². The first-order valence-corrected chi connectivity index (χ1v) is 9.88. The predicted molar refractivity (Wildman–Crippen MR) is 112 cm³/mol. The topological polar surface area (TPSA) is 196 Å². The van der Waals surface area contributed by atoms with Crippen LogP contribution in [-0.2, 0) is 14.3 Å². The van der Waals surface area contributed by atoms with E-state index in [9.17, 15) is 40.2 Å². The molecule has 2 aromatic carbocycles. The molecule has 1 fully saturated rings. The quantitative estimate of drug-likeness (QED) is 0.217. The fourth-order valence-corrected chi connectivity index (χ4v) is 3.52. The van der Waals surface area contributed by atoms with Crippen LogP contribution in [0.2, 0.25) is 0 Å². The number of aromatic hydroxyl groups is 3. The lowest BCUT2D eigenvalue weighted by Crippen LogP contribution is -2.61. The van der Waals surface area contributed by atoms with E-state index in [1.54, 1.807) is 0 Å². The Balaban J connectivity index is 1.71. The van der Waals surface area contributed by atoms with Crippen LogP contribution < -0.4 is 10.2 Å². The van der Waals surface area contributed by atoms with E-state index in [0.717, 1.165) is 19.2 Å². The second-order valence-corrected chi connectivity index (χ2v) is 7.53. The van der Waals surface area contributed by atoms with Gasteiger partial charge in [-0.2, -0.15) is 0 Å². The molecule has 5 atom stereocenters. The Hall–Kier alpha value is -3.84. The number of rotatable bonds is 4. The lowest BCUT2D eigenvalue weighted by Gasteiger charge is -2.38. The van der Waals surface area contributed by atoms with E-state index in [1.807, 2.05) is 0 Å². The maximum absolute atomic E-state index is 12.6. The van der Waals surface area contributed by atoms with Crippen LogP contribution in [0, 0.1) is 0 Å². The van der Waals surface area contributed by atoms with Crippen molar-refractivity contribution in [1.29, 1.82) is 0 Å². The average Bonchev–Trinajstić information content (AvgIpc) is 2.80. The van der Waals surface area contributed by atoms with Crippen LogP contribution in [-0.4, -0.2) is 74.4 Å². The van der Waals surface area contributed by atoms with Gasteiger partial charge in [0, 0.05) is 23.8 Å². The molecule has 34 heavy (non-hydrogen) atoms. The molecular weight excluding hydrogens is 456 g/mol. The van der Waals surface area contributed by atoms with Gasteiger partial charge in [-0.05, 0) is 18.2 Å². The van der Waals surface area contributed by atoms with Gasteiger partial charge in [0.25, 0.3) is 0 Å². The highest BCUT2D eigenvalue weighted by molar-refractivity contribution is 5.86. The molecule has 4 rings (SSSR count). The van der Waals surface area contributed by atoms with Gasteiger partial charge in [0.15, 0.2) is 23.0 Å². The van der Waals surface area contributed by atoms with Crippen molar-refractivity contribution in [3.63, 3.8) is 0 Å². The van der Waals surface area contributed by atoms with Crippen molar-refractivity contribution in [3.8, 4) is 34.3 Å². The Bertz CT molecular complexity index is 1300. The standard InChI is InChI=1S/C22H20O12/c1-31-21(30)20-18(28)17(27)19(29)22(34-20)32-9-5-12(25)16-13(26)7-14(33-15(16)6-9)8-2-3-10(23)11(24)4-8/h2-7,17-20,22-25,27-29H,1H3/t17-,18-,19+,20-,22-/m0/s1. The predicted octanol–water partition coefficient (Wildman–Crippen LogP) is -0.0638. The number of benzene rings is 2. The van der Waals surface area contributed by atoms with Gasteiger partial charge < -0.3 is 49.3 Å². The van der Waals surface area contributed by atoms with Crippen LogP contribution in [0.4, 0.5) is 0 Å². The van der Waals surface area contributed by atoms with Crippen LogP contribution in [0.15, 0.2) is 45.6 Å². The van der Waals surface area contributed by atoms with E-state index in [1.165, 1.54) is 24.3 Å². The molecule has 180 valence electrons. The number of hydrogen-bond acceptors (Lipinski definition) is 12. The van der Waals surface area contributed by atoms with Crippen molar-refractivity contribution in [2.24, 2.45) is 0 Å². The SMILES string of the molecule is COC(=O)[C@H]1O[C@H](Oc2cc(O)c3c(=O)cc(-c4ccc(O)c(O)c4)oc3c2)[C@H](O)[C@@H](O)[C@@H]1O. The Morgan fingerprint density at radius 3 is 2.32 bits per heavy atom. The molecule has 0 amide bonds. The molecule has 1 aliphatic rings. The van der Waals surface area contributed by atoms with Gasteiger partial charge in [-0.15, -0.1) is 0 Å². The highest BCUT2D eigenvalue weighted by Gasteiger charge is 2.48. The fourth-order valence-electron chi connectivity index (χ4n) is 3.52. The summed E-state index contributed by atoms with van der Waals surface area (Å²) in [6, 6.07) is 7.08. The molecule has 6 N–H and O–H groups in total. The number of aliphatic hydroxyl groups is 3. The van der Waals surface area contributed by atoms with E-state index in [2.05, 4.69) is 4.74 Å². The second kappa shape index (κ2) is 8.83. The summed E-state index contributed by atoms with van der Waals surface area (Å²) in [7, 11) is 1.04. The third-order valence-electron chi connectivity index (χ3n) is 5.30. The maximum atomic E-state index is 12.6. The van der Waals surface area contributed by atoms with Crippen molar-refractivity contribution in [2.75, 3.05) is 7.11 Å². The molecule has 12 nitrogen and oxygen atoms in total. The second-order valence-electron chi connectivity index (χ2n) is 7.53. The Morgan fingerprint density at radius 2 is 1.65 bits per heavy atom. The number of phenols is 3. The van der Waals surface area contributed by atoms with E-state index < -0.39 is 53.6 Å². The largest absolute Gasteiger partial charge is 0.507 e. The number of ether oxygens (including phenoxy) is 3. The van der Waals surface area contributed by atoms with Gasteiger partial charge >= 0.3 is 5.97 Å². The molecule has 0 spiro atoms. The summed E-state index contributed by atoms with van der Waals surface area (Å²) in [6.07, 6.45) is -8.71. The van der Waals surface area contributed by atoms with Gasteiger partial charge in [0.1, 0.15) is 46.5 Å². The van der Waals surface area contributed by atoms with Crippen LogP contribution >= 0.6 is 0 Å². The Kier molecular flexibility index (Phi) is 6.06. The number of phenolic OH excluding ortho intramolecular Hbond substituents is 3. The number of carbonyl (C=O) groups excluding carboxylic acids is 1. The van der Waals surface area contributed by atoms with Gasteiger partial charge in [-0.1, -0.05) is 0 Å². The first kappa shape index (κ1) is 23.3. The first-order valence-electron chi connectivity index (χ1n) is 9.88. The van der Waals surface area contributed by atoms with Crippen LogP contribution in [0.25, 0.3) is 22.3 Å². The normalized spacial score (nSPS) is 24.6. The minimum atomic E-state index is -1.82. The maximum Gasteiger partial charge on any atom is 0.337 e. The summed E-state index contributed by atoms with van der Waals surface area (Å²) < 4.78 is 20.9. The molecule has 1 aromatic heterocycles. The van der Waals surface area contributed by atoms with Gasteiger partial charge in [0.05, 0.1) is 7.11 Å². The summed E-state index contributed by atoms with van der Waals surface area (Å²) in [6.45, 7) is 0. The summed E-state index contributed by atoms with van der Waals surface area (Å²) in [5.74, 6) is -2.52. The summed E-state index contributed by atoms with van der Waals surface area (Å²) in [5, 5.41) is 59.6. The van der Waals surface area contributed by atoms with E-state index in [4.69, 9.17) is 13.9 Å². The van der Waals surface area contributed by atoms with E-state index >= 15 is 0 Å². The molecule has 0 radical (unpaired) electrons. The molecule has 0 saturated carbocycles. The molecule has 1 saturated heterocycles. The minimum absolute atomic E-state index is 0.00241. The summed E-state index contributed by atoms with van der Waals surface area (Å²) >= 11 is 0. The van der Waals surface area contributed by atoms with Gasteiger partial charge in [-0.3, -0.25) is 4.79 Å². The summed E-state index contributed by atoms with van der Waals surface area (Å²) in [5.41, 5.74) is -0.504. The number of fused-ring (bicyclic) bond motifs is 1. The Morgan fingerprint density at radius 1 is 0.912 bits per heavy atom. The van der Waals surface area contributed by atoms with E-state index in [-0.39, 0.29) is 33.8 Å². The van der Waals surface area contributed by atoms with Crippen LogP contribution in [0.3, 0.4) is 0 Å². The summed E-state index contributed by atoms with van der Waals surface area (Å²) in [4.78, 5) is 24.4. The molecule has 1 aliphatic heterocycles. The lowest BCUT2D eigenvalue weighted by atomic mass is 9.99. The van der Waals surface area contributed by atoms with E-state index in [0.29, 0.717) is 0 Å². The number of hydrogen-bond donors (Lipinski definition) is 6. The molecule has 0 bridgehead atoms. The number of methoxy groups -OCH3 is 1. The highest BCUT2D eigenvalue weighted by Crippen LogP contribution is 2.35. The third kappa shape index (κ3) is 4.10. The zero-order valence-electron chi connectivity index (χ0n) is 17.5.